The number of carbonyl (C=O) groups is 1. The van der Waals surface area contributed by atoms with Crippen molar-refractivity contribution >= 4 is 16.7 Å². The van der Waals surface area contributed by atoms with E-state index >= 15 is 0 Å². The highest BCUT2D eigenvalue weighted by atomic mass is 16.5. The van der Waals surface area contributed by atoms with E-state index in [9.17, 15) is 4.79 Å². The van der Waals surface area contributed by atoms with E-state index in [4.69, 9.17) is 9.26 Å². The minimum absolute atomic E-state index is 0.0206. The molecule has 2 aromatic carbocycles. The molecule has 0 saturated carbocycles. The van der Waals surface area contributed by atoms with Gasteiger partial charge in [0.2, 0.25) is 0 Å². The van der Waals surface area contributed by atoms with Crippen LogP contribution in [0.25, 0.3) is 22.4 Å². The van der Waals surface area contributed by atoms with Gasteiger partial charge in [0, 0.05) is 29.1 Å². The van der Waals surface area contributed by atoms with Crippen molar-refractivity contribution in [1.82, 2.24) is 14.7 Å². The molecule has 184 valence electrons. The Hall–Kier alpha value is -3.41. The number of aromatic nitrogens is 3. The number of rotatable bonds is 14. The summed E-state index contributed by atoms with van der Waals surface area (Å²) < 4.78 is 13.0. The first-order chi connectivity index (χ1) is 17.2. The van der Waals surface area contributed by atoms with Gasteiger partial charge in [0.1, 0.15) is 12.4 Å². The minimum atomic E-state index is 0.0206. The van der Waals surface area contributed by atoms with E-state index in [1.165, 1.54) is 44.1 Å². The summed E-state index contributed by atoms with van der Waals surface area (Å²) in [6.07, 6.45) is 11.6. The van der Waals surface area contributed by atoms with Gasteiger partial charge in [-0.1, -0.05) is 63.2 Å². The summed E-state index contributed by atoms with van der Waals surface area (Å²) in [5.74, 6) is 1.96. The van der Waals surface area contributed by atoms with Gasteiger partial charge in [0.05, 0.1) is 6.54 Å². The fourth-order valence-electron chi connectivity index (χ4n) is 4.25. The molecule has 0 radical (unpaired) electrons. The van der Waals surface area contributed by atoms with E-state index < -0.39 is 0 Å². The first-order valence-electron chi connectivity index (χ1n) is 12.8. The molecule has 0 saturated heterocycles. The molecule has 0 unspecified atom stereocenters. The van der Waals surface area contributed by atoms with Crippen LogP contribution >= 0.6 is 0 Å². The predicted molar refractivity (Wildman–Crippen MR) is 139 cm³/mol. The van der Waals surface area contributed by atoms with E-state index in [0.29, 0.717) is 11.7 Å². The fourth-order valence-corrected chi connectivity index (χ4v) is 4.25. The molecule has 0 spiro atoms. The number of ketones is 1. The molecule has 6 nitrogen and oxygen atoms in total. The Bertz CT molecular complexity index is 1220. The molecule has 4 rings (SSSR count). The Balaban J connectivity index is 1.26. The maximum Gasteiger partial charge on any atom is 0.257 e. The number of aryl methyl sites for hydroxylation is 2. The van der Waals surface area contributed by atoms with Crippen LogP contribution in [0.1, 0.15) is 63.8 Å². The number of carbonyl (C=O) groups excluding carboxylic acids is 1. The molecule has 0 aliphatic rings. The Morgan fingerprint density at radius 2 is 1.77 bits per heavy atom. The monoisotopic (exact) mass is 473 g/mol. The molecule has 0 fully saturated rings. The van der Waals surface area contributed by atoms with Crippen molar-refractivity contribution < 1.29 is 14.1 Å². The highest BCUT2D eigenvalue weighted by molar-refractivity contribution is 5.87. The Labute approximate surface area is 207 Å². The molecular weight excluding hydrogens is 438 g/mol. The van der Waals surface area contributed by atoms with Gasteiger partial charge in [-0.05, 0) is 54.8 Å². The lowest BCUT2D eigenvalue weighted by molar-refractivity contribution is -0.121. The van der Waals surface area contributed by atoms with Crippen LogP contribution in [0.3, 0.4) is 0 Å². The van der Waals surface area contributed by atoms with Crippen molar-refractivity contribution in [3.8, 4) is 17.2 Å². The first-order valence-corrected chi connectivity index (χ1v) is 12.8. The lowest BCUT2D eigenvalue weighted by Crippen LogP contribution is -2.17. The van der Waals surface area contributed by atoms with Crippen molar-refractivity contribution in [3.63, 3.8) is 0 Å². The van der Waals surface area contributed by atoms with Crippen LogP contribution in [0.5, 0.6) is 5.75 Å². The first kappa shape index (κ1) is 24.7. The second-order valence-electron chi connectivity index (χ2n) is 9.08. The third-order valence-corrected chi connectivity index (χ3v) is 6.29. The Kier molecular flexibility index (Phi) is 8.71. The molecule has 0 aliphatic carbocycles. The van der Waals surface area contributed by atoms with Crippen LogP contribution < -0.4 is 4.74 Å². The van der Waals surface area contributed by atoms with Crippen molar-refractivity contribution in [1.29, 1.82) is 0 Å². The topological polar surface area (TPSA) is 70.2 Å². The Morgan fingerprint density at radius 3 is 2.54 bits per heavy atom. The standard InChI is InChI=1S/C29H35N3O3/c1-3-5-6-7-8-9-10-22-11-14-26(15-12-22)34-21-25(33)20-32-18-17-23-19-24(13-16-27(23)32)29-30-28(4-2)31-35-29/h11-19H,3-10,20-21H2,1-2H3. The summed E-state index contributed by atoms with van der Waals surface area (Å²) in [7, 11) is 0. The highest BCUT2D eigenvalue weighted by Crippen LogP contribution is 2.24. The predicted octanol–water partition coefficient (Wildman–Crippen LogP) is 6.80. The average molecular weight is 474 g/mol. The molecule has 0 atom stereocenters. The lowest BCUT2D eigenvalue weighted by Gasteiger charge is -2.08. The van der Waals surface area contributed by atoms with Gasteiger partial charge in [0.15, 0.2) is 11.6 Å². The number of Topliss-reactive ketones (excluding diaryl/α,β-unsaturated/α-hetero) is 1. The van der Waals surface area contributed by atoms with E-state index in [0.717, 1.165) is 35.1 Å². The minimum Gasteiger partial charge on any atom is -0.486 e. The van der Waals surface area contributed by atoms with E-state index in [1.54, 1.807) is 0 Å². The SMILES string of the molecule is CCCCCCCCc1ccc(OCC(=O)Cn2ccc3cc(-c4nc(CC)no4)ccc32)cc1. The summed E-state index contributed by atoms with van der Waals surface area (Å²) in [5, 5.41) is 4.98. The van der Waals surface area contributed by atoms with Crippen molar-refractivity contribution in [2.75, 3.05) is 6.61 Å². The smallest absolute Gasteiger partial charge is 0.257 e. The molecule has 4 aromatic rings. The third kappa shape index (κ3) is 6.81. The second-order valence-corrected chi connectivity index (χ2v) is 9.08. The van der Waals surface area contributed by atoms with Crippen molar-refractivity contribution in [3.05, 3.63) is 66.1 Å². The summed E-state index contributed by atoms with van der Waals surface area (Å²) in [6.45, 7) is 4.55. The molecule has 35 heavy (non-hydrogen) atoms. The summed E-state index contributed by atoms with van der Waals surface area (Å²) in [4.78, 5) is 17.0. The van der Waals surface area contributed by atoms with Crippen LogP contribution in [0.2, 0.25) is 0 Å². The van der Waals surface area contributed by atoms with Gasteiger partial charge in [0.25, 0.3) is 5.89 Å². The zero-order valence-electron chi connectivity index (χ0n) is 20.8. The van der Waals surface area contributed by atoms with Crippen molar-refractivity contribution in [2.24, 2.45) is 0 Å². The van der Waals surface area contributed by atoms with Crippen LogP contribution in [0.15, 0.2) is 59.3 Å². The van der Waals surface area contributed by atoms with Gasteiger partial charge >= 0.3 is 0 Å². The molecule has 0 amide bonds. The third-order valence-electron chi connectivity index (χ3n) is 6.29. The molecule has 0 bridgehead atoms. The molecule has 6 heteroatoms. The van der Waals surface area contributed by atoms with Gasteiger partial charge in [-0.3, -0.25) is 4.79 Å². The quantitative estimate of drug-likeness (QED) is 0.188. The number of ether oxygens (including phenoxy) is 1. The number of unbranched alkanes of at least 4 members (excludes halogenated alkanes) is 5. The summed E-state index contributed by atoms with van der Waals surface area (Å²) in [5.41, 5.74) is 3.18. The molecule has 0 N–H and O–H groups in total. The maximum absolute atomic E-state index is 12.6. The van der Waals surface area contributed by atoms with E-state index in [-0.39, 0.29) is 18.9 Å². The molecular formula is C29H35N3O3. The molecule has 2 heterocycles. The van der Waals surface area contributed by atoms with Crippen molar-refractivity contribution in [2.45, 2.75) is 71.8 Å². The van der Waals surface area contributed by atoms with Gasteiger partial charge in [-0.25, -0.2) is 0 Å². The maximum atomic E-state index is 12.6. The Morgan fingerprint density at radius 1 is 0.971 bits per heavy atom. The summed E-state index contributed by atoms with van der Waals surface area (Å²) in [6, 6.07) is 16.1. The van der Waals surface area contributed by atoms with Gasteiger partial charge in [-0.2, -0.15) is 4.98 Å². The molecule has 0 aliphatic heterocycles. The van der Waals surface area contributed by atoms with Crippen LogP contribution in [0, 0.1) is 0 Å². The fraction of sp³-hybridized carbons (Fsp3) is 0.414. The average Bonchev–Trinajstić information content (AvgIpc) is 3.52. The second kappa shape index (κ2) is 12.3. The van der Waals surface area contributed by atoms with Crippen LogP contribution in [-0.2, 0) is 24.2 Å². The number of hydrogen-bond donors (Lipinski definition) is 0. The number of benzene rings is 2. The van der Waals surface area contributed by atoms with Crippen LogP contribution in [-0.4, -0.2) is 27.1 Å². The zero-order chi connectivity index (χ0) is 24.5. The van der Waals surface area contributed by atoms with E-state index in [2.05, 4.69) is 29.2 Å². The largest absolute Gasteiger partial charge is 0.486 e. The lowest BCUT2D eigenvalue weighted by atomic mass is 10.0. The van der Waals surface area contributed by atoms with Gasteiger partial charge in [-0.15, -0.1) is 0 Å². The van der Waals surface area contributed by atoms with E-state index in [1.807, 2.05) is 54.1 Å². The molecule has 2 aromatic heterocycles. The van der Waals surface area contributed by atoms with Gasteiger partial charge < -0.3 is 13.8 Å². The normalized spacial score (nSPS) is 11.3. The number of fused-ring (bicyclic) bond motifs is 1. The van der Waals surface area contributed by atoms with Crippen LogP contribution in [0.4, 0.5) is 0 Å². The number of hydrogen-bond acceptors (Lipinski definition) is 5. The number of nitrogens with zero attached hydrogens (tertiary/aromatic N) is 3. The zero-order valence-corrected chi connectivity index (χ0v) is 20.8. The summed E-state index contributed by atoms with van der Waals surface area (Å²) >= 11 is 0. The highest BCUT2D eigenvalue weighted by Gasteiger charge is 2.12.